The lowest BCUT2D eigenvalue weighted by atomic mass is 10.2. The minimum Gasteiger partial charge on any atom is -1.00 e. The summed E-state index contributed by atoms with van der Waals surface area (Å²) < 4.78 is 2.02. The minimum atomic E-state index is 0. The van der Waals surface area contributed by atoms with Crippen LogP contribution in [0, 0.1) is 0 Å². The highest BCUT2D eigenvalue weighted by Crippen LogP contribution is 2.39. The SMILES string of the molecule is CC(C)N1C(=O)CSC1c1ccc[n+](C)c1.[I-]. The molecule has 1 unspecified atom stereocenters. The van der Waals surface area contributed by atoms with E-state index in [9.17, 15) is 4.79 Å². The number of aromatic nitrogens is 1. The zero-order valence-electron chi connectivity index (χ0n) is 10.3. The number of pyridine rings is 1. The summed E-state index contributed by atoms with van der Waals surface area (Å²) in [6, 6.07) is 4.38. The third kappa shape index (κ3) is 3.13. The van der Waals surface area contributed by atoms with Crippen molar-refractivity contribution in [3.8, 4) is 0 Å². The lowest BCUT2D eigenvalue weighted by molar-refractivity contribution is -0.672. The summed E-state index contributed by atoms with van der Waals surface area (Å²) >= 11 is 1.71. The maximum Gasteiger partial charge on any atom is 0.234 e. The third-order valence-electron chi connectivity index (χ3n) is 2.71. The number of aryl methyl sites for hydroxylation is 1. The van der Waals surface area contributed by atoms with E-state index in [1.54, 1.807) is 11.8 Å². The molecule has 0 saturated carbocycles. The number of nitrogens with zero attached hydrogens (tertiary/aromatic N) is 2. The molecule has 1 atom stereocenters. The van der Waals surface area contributed by atoms with Crippen molar-refractivity contribution in [2.45, 2.75) is 25.3 Å². The molecule has 94 valence electrons. The van der Waals surface area contributed by atoms with Crippen LogP contribution in [-0.4, -0.2) is 22.6 Å². The number of carbonyl (C=O) groups excluding carboxylic acids is 1. The van der Waals surface area contributed by atoms with Crippen LogP contribution in [0.5, 0.6) is 0 Å². The van der Waals surface area contributed by atoms with Crippen molar-refractivity contribution in [1.29, 1.82) is 0 Å². The van der Waals surface area contributed by atoms with Crippen molar-refractivity contribution in [1.82, 2.24) is 4.90 Å². The van der Waals surface area contributed by atoms with Gasteiger partial charge in [-0.05, 0) is 19.9 Å². The van der Waals surface area contributed by atoms with Crippen LogP contribution >= 0.6 is 11.8 Å². The number of carbonyl (C=O) groups is 1. The van der Waals surface area contributed by atoms with Crippen LogP contribution in [0.15, 0.2) is 24.5 Å². The summed E-state index contributed by atoms with van der Waals surface area (Å²) in [6.07, 6.45) is 4.09. The predicted octanol–water partition coefficient (Wildman–Crippen LogP) is -1.50. The van der Waals surface area contributed by atoms with Gasteiger partial charge in [-0.25, -0.2) is 4.57 Å². The van der Waals surface area contributed by atoms with Gasteiger partial charge in [-0.1, -0.05) is 0 Å². The Hall–Kier alpha value is -0.300. The second-order valence-electron chi connectivity index (χ2n) is 4.36. The Morgan fingerprint density at radius 3 is 2.82 bits per heavy atom. The van der Waals surface area contributed by atoms with E-state index < -0.39 is 0 Å². The molecule has 0 bridgehead atoms. The van der Waals surface area contributed by atoms with Crippen molar-refractivity contribution in [3.63, 3.8) is 0 Å². The molecule has 1 aromatic rings. The highest BCUT2D eigenvalue weighted by atomic mass is 127. The van der Waals surface area contributed by atoms with Gasteiger partial charge < -0.3 is 28.9 Å². The molecular formula is C12H17IN2OS. The van der Waals surface area contributed by atoms with E-state index in [2.05, 4.69) is 26.1 Å². The van der Waals surface area contributed by atoms with E-state index in [-0.39, 0.29) is 41.3 Å². The van der Waals surface area contributed by atoms with Gasteiger partial charge in [0.15, 0.2) is 12.4 Å². The Morgan fingerprint density at radius 2 is 2.24 bits per heavy atom. The standard InChI is InChI=1S/C12H17N2OS.HI/c1-9(2)14-11(15)8-16-12(14)10-5-4-6-13(3)7-10;/h4-7,9,12H,8H2,1-3H3;1H/q+1;/p-1. The quantitative estimate of drug-likeness (QED) is 0.471. The van der Waals surface area contributed by atoms with Crippen LogP contribution in [0.4, 0.5) is 0 Å². The summed E-state index contributed by atoms with van der Waals surface area (Å²) in [5, 5.41) is 0.180. The molecule has 2 heterocycles. The molecule has 0 N–H and O–H groups in total. The molecule has 5 heteroatoms. The fourth-order valence-electron chi connectivity index (χ4n) is 2.01. The second-order valence-corrected chi connectivity index (χ2v) is 5.43. The second kappa shape index (κ2) is 6.04. The van der Waals surface area contributed by atoms with Crippen molar-refractivity contribution in [2.24, 2.45) is 7.05 Å². The molecule has 1 aromatic heterocycles. The van der Waals surface area contributed by atoms with E-state index in [0.29, 0.717) is 5.75 Å². The van der Waals surface area contributed by atoms with Gasteiger partial charge >= 0.3 is 0 Å². The molecule has 0 aromatic carbocycles. The number of rotatable bonds is 2. The van der Waals surface area contributed by atoms with Crippen molar-refractivity contribution >= 4 is 17.7 Å². The summed E-state index contributed by atoms with van der Waals surface area (Å²) in [6.45, 7) is 4.14. The van der Waals surface area contributed by atoms with E-state index >= 15 is 0 Å². The Labute approximate surface area is 124 Å². The monoisotopic (exact) mass is 364 g/mol. The molecule has 1 aliphatic rings. The summed E-state index contributed by atoms with van der Waals surface area (Å²) in [5.74, 6) is 0.845. The maximum absolute atomic E-state index is 11.8. The van der Waals surface area contributed by atoms with Gasteiger partial charge in [0, 0.05) is 17.7 Å². The molecule has 2 rings (SSSR count). The van der Waals surface area contributed by atoms with E-state index in [1.165, 1.54) is 5.56 Å². The molecule has 3 nitrogen and oxygen atoms in total. The first kappa shape index (κ1) is 14.8. The first-order valence-electron chi connectivity index (χ1n) is 5.47. The number of hydrogen-bond donors (Lipinski definition) is 0. The maximum atomic E-state index is 11.8. The predicted molar refractivity (Wildman–Crippen MR) is 64.8 cm³/mol. The van der Waals surface area contributed by atoms with Crippen molar-refractivity contribution in [2.75, 3.05) is 5.75 Å². The molecule has 1 fully saturated rings. The molecule has 1 amide bonds. The summed E-state index contributed by atoms with van der Waals surface area (Å²) in [4.78, 5) is 13.8. The van der Waals surface area contributed by atoms with Gasteiger partial charge in [0.1, 0.15) is 12.4 Å². The Bertz CT molecular complexity index is 411. The van der Waals surface area contributed by atoms with Gasteiger partial charge in [0.05, 0.1) is 5.75 Å². The first-order chi connectivity index (χ1) is 7.59. The molecule has 1 aliphatic heterocycles. The number of amides is 1. The Morgan fingerprint density at radius 1 is 1.53 bits per heavy atom. The zero-order valence-corrected chi connectivity index (χ0v) is 13.2. The van der Waals surface area contributed by atoms with Crippen LogP contribution in [-0.2, 0) is 11.8 Å². The summed E-state index contributed by atoms with van der Waals surface area (Å²) in [7, 11) is 2.00. The fraction of sp³-hybridized carbons (Fsp3) is 0.500. The average Bonchev–Trinajstić information content (AvgIpc) is 2.60. The Kier molecular flexibility index (Phi) is 5.24. The molecule has 1 saturated heterocycles. The number of hydrogen-bond acceptors (Lipinski definition) is 2. The van der Waals surface area contributed by atoms with Gasteiger partial charge in [0.2, 0.25) is 5.91 Å². The van der Waals surface area contributed by atoms with Crippen LogP contribution < -0.4 is 28.5 Å². The number of thioether (sulfide) groups is 1. The lowest BCUT2D eigenvalue weighted by Gasteiger charge is -2.27. The highest BCUT2D eigenvalue weighted by molar-refractivity contribution is 8.00. The van der Waals surface area contributed by atoms with Gasteiger partial charge in [-0.15, -0.1) is 11.8 Å². The van der Waals surface area contributed by atoms with Crippen molar-refractivity contribution in [3.05, 3.63) is 30.1 Å². The Balaban J connectivity index is 0.00000144. The number of halogens is 1. The third-order valence-corrected chi connectivity index (χ3v) is 3.94. The largest absolute Gasteiger partial charge is 1.00 e. The van der Waals surface area contributed by atoms with Gasteiger partial charge in [-0.2, -0.15) is 0 Å². The highest BCUT2D eigenvalue weighted by Gasteiger charge is 2.35. The molecule has 0 radical (unpaired) electrons. The molecule has 17 heavy (non-hydrogen) atoms. The molecular weight excluding hydrogens is 347 g/mol. The zero-order chi connectivity index (χ0) is 11.7. The average molecular weight is 364 g/mol. The minimum absolute atomic E-state index is 0. The fourth-order valence-corrected chi connectivity index (χ4v) is 3.31. The molecule has 0 aliphatic carbocycles. The molecule has 0 spiro atoms. The topological polar surface area (TPSA) is 24.2 Å². The van der Waals surface area contributed by atoms with Gasteiger partial charge in [0.25, 0.3) is 0 Å². The van der Waals surface area contributed by atoms with Crippen molar-refractivity contribution < 1.29 is 33.3 Å². The van der Waals surface area contributed by atoms with Crippen LogP contribution in [0.1, 0.15) is 24.8 Å². The van der Waals surface area contributed by atoms with Crippen LogP contribution in [0.3, 0.4) is 0 Å². The van der Waals surface area contributed by atoms with E-state index in [1.807, 2.05) is 28.8 Å². The summed E-state index contributed by atoms with van der Waals surface area (Å²) in [5.41, 5.74) is 1.20. The van der Waals surface area contributed by atoms with Crippen LogP contribution in [0.25, 0.3) is 0 Å². The lowest BCUT2D eigenvalue weighted by Crippen LogP contribution is -3.00. The smallest absolute Gasteiger partial charge is 0.234 e. The first-order valence-corrected chi connectivity index (χ1v) is 6.52. The van der Waals surface area contributed by atoms with E-state index in [4.69, 9.17) is 0 Å². The van der Waals surface area contributed by atoms with Crippen LogP contribution in [0.2, 0.25) is 0 Å². The normalized spacial score (nSPS) is 19.6. The van der Waals surface area contributed by atoms with Gasteiger partial charge in [-0.3, -0.25) is 4.79 Å². The van der Waals surface area contributed by atoms with E-state index in [0.717, 1.165) is 0 Å².